The third-order valence-corrected chi connectivity index (χ3v) is 4.08. The summed E-state index contributed by atoms with van der Waals surface area (Å²) < 4.78 is 21.7. The van der Waals surface area contributed by atoms with Gasteiger partial charge in [-0.1, -0.05) is 5.16 Å². The molecule has 1 aromatic carbocycles. The van der Waals surface area contributed by atoms with Gasteiger partial charge in [0.25, 0.3) is 0 Å². The Balaban J connectivity index is 1.47. The molecular weight excluding hydrogens is 312 g/mol. The first-order valence-electron chi connectivity index (χ1n) is 8.01. The molecule has 1 amide bonds. The highest BCUT2D eigenvalue weighted by molar-refractivity contribution is 5.78. The topological polar surface area (TPSA) is 74.0 Å². The molecule has 7 nitrogen and oxygen atoms in total. The number of carbonyl (C=O) groups excluding carboxylic acids is 1. The fourth-order valence-corrected chi connectivity index (χ4v) is 2.81. The zero-order valence-corrected chi connectivity index (χ0v) is 13.2. The Kier molecular flexibility index (Phi) is 4.08. The molecule has 0 aliphatic carbocycles. The lowest BCUT2D eigenvalue weighted by Crippen LogP contribution is -2.41. The van der Waals surface area contributed by atoms with Gasteiger partial charge in [-0.15, -0.1) is 0 Å². The van der Waals surface area contributed by atoms with Gasteiger partial charge in [0.05, 0.1) is 25.3 Å². The summed E-state index contributed by atoms with van der Waals surface area (Å²) in [6.07, 6.45) is 0.230. The minimum atomic E-state index is 0.0420. The Morgan fingerprint density at radius 3 is 2.67 bits per heavy atom. The first-order valence-corrected chi connectivity index (χ1v) is 8.01. The summed E-state index contributed by atoms with van der Waals surface area (Å²) in [5, 5.41) is 4.01. The number of carbonyl (C=O) groups is 1. The van der Waals surface area contributed by atoms with Crippen LogP contribution in [0.3, 0.4) is 0 Å². The molecule has 1 aromatic heterocycles. The lowest BCUT2D eigenvalue weighted by molar-refractivity contribution is -0.134. The maximum atomic E-state index is 12.3. The molecule has 126 valence electrons. The van der Waals surface area contributed by atoms with E-state index in [1.54, 1.807) is 11.0 Å². The summed E-state index contributed by atoms with van der Waals surface area (Å²) in [6, 6.07) is 7.40. The van der Waals surface area contributed by atoms with Crippen molar-refractivity contribution in [2.45, 2.75) is 6.42 Å². The lowest BCUT2D eigenvalue weighted by atomic mass is 10.1. The predicted molar refractivity (Wildman–Crippen MR) is 84.0 cm³/mol. The Morgan fingerprint density at radius 1 is 1.04 bits per heavy atom. The van der Waals surface area contributed by atoms with Gasteiger partial charge in [0, 0.05) is 24.7 Å². The number of benzene rings is 1. The molecule has 0 spiro atoms. The molecule has 0 unspecified atom stereocenters. The van der Waals surface area contributed by atoms with E-state index in [2.05, 4.69) is 5.16 Å². The molecule has 1 saturated heterocycles. The maximum absolute atomic E-state index is 12.3. The van der Waals surface area contributed by atoms with Crippen molar-refractivity contribution < 1.29 is 23.5 Å². The van der Waals surface area contributed by atoms with E-state index < -0.39 is 0 Å². The van der Waals surface area contributed by atoms with Gasteiger partial charge in [0.2, 0.25) is 5.91 Å². The maximum Gasteiger partial charge on any atom is 0.228 e. The van der Waals surface area contributed by atoms with Crippen LogP contribution in [0.15, 0.2) is 28.8 Å². The quantitative estimate of drug-likeness (QED) is 0.849. The SMILES string of the molecule is O=C(Cc1cc(-c2ccc3c(c2)OCCO3)on1)N1CCOCC1. The summed E-state index contributed by atoms with van der Waals surface area (Å²) in [7, 11) is 0. The molecule has 2 aliphatic heterocycles. The van der Waals surface area contributed by atoms with E-state index in [1.807, 2.05) is 18.2 Å². The van der Waals surface area contributed by atoms with Crippen LogP contribution in [0.5, 0.6) is 11.5 Å². The molecule has 0 radical (unpaired) electrons. The lowest BCUT2D eigenvalue weighted by Gasteiger charge is -2.26. The number of aromatic nitrogens is 1. The first kappa shape index (κ1) is 15.0. The van der Waals surface area contributed by atoms with Crippen molar-refractivity contribution in [2.75, 3.05) is 39.5 Å². The average Bonchev–Trinajstić information content (AvgIpc) is 3.10. The van der Waals surface area contributed by atoms with Crippen molar-refractivity contribution in [2.24, 2.45) is 0 Å². The van der Waals surface area contributed by atoms with Crippen molar-refractivity contribution in [3.63, 3.8) is 0 Å². The summed E-state index contributed by atoms with van der Waals surface area (Å²) >= 11 is 0. The third kappa shape index (κ3) is 3.07. The highest BCUT2D eigenvalue weighted by atomic mass is 16.6. The van der Waals surface area contributed by atoms with Crippen LogP contribution in [0.25, 0.3) is 11.3 Å². The van der Waals surface area contributed by atoms with Crippen LogP contribution in [0, 0.1) is 0 Å². The number of morpholine rings is 1. The van der Waals surface area contributed by atoms with Crippen molar-refractivity contribution in [1.82, 2.24) is 10.1 Å². The summed E-state index contributed by atoms with van der Waals surface area (Å²) in [5.74, 6) is 2.07. The normalized spacial score (nSPS) is 16.9. The van der Waals surface area contributed by atoms with E-state index in [0.29, 0.717) is 56.7 Å². The number of rotatable bonds is 3. The van der Waals surface area contributed by atoms with Crippen LogP contribution in [0.2, 0.25) is 0 Å². The molecule has 2 aliphatic rings. The Labute approximate surface area is 139 Å². The minimum absolute atomic E-state index is 0.0420. The molecule has 0 N–H and O–H groups in total. The fraction of sp³-hybridized carbons (Fsp3) is 0.412. The molecule has 0 atom stereocenters. The van der Waals surface area contributed by atoms with Crippen LogP contribution in [-0.4, -0.2) is 55.5 Å². The molecule has 0 bridgehead atoms. The second-order valence-electron chi connectivity index (χ2n) is 5.71. The summed E-state index contributed by atoms with van der Waals surface area (Å²) in [6.45, 7) is 3.53. The van der Waals surface area contributed by atoms with E-state index in [9.17, 15) is 4.79 Å². The number of fused-ring (bicyclic) bond motifs is 1. The Morgan fingerprint density at radius 2 is 1.83 bits per heavy atom. The van der Waals surface area contributed by atoms with E-state index in [0.717, 1.165) is 11.3 Å². The van der Waals surface area contributed by atoms with Gasteiger partial charge >= 0.3 is 0 Å². The molecule has 3 heterocycles. The van der Waals surface area contributed by atoms with Crippen LogP contribution in [0.1, 0.15) is 5.69 Å². The molecular formula is C17H18N2O5. The highest BCUT2D eigenvalue weighted by Gasteiger charge is 2.20. The number of ether oxygens (including phenoxy) is 3. The standard InChI is InChI=1S/C17H18N2O5/c20-17(19-3-5-21-6-4-19)11-13-10-15(24-18-13)12-1-2-14-16(9-12)23-8-7-22-14/h1-2,9-10H,3-8,11H2. The number of hydrogen-bond acceptors (Lipinski definition) is 6. The fourth-order valence-electron chi connectivity index (χ4n) is 2.81. The van der Waals surface area contributed by atoms with Gasteiger partial charge in [0.15, 0.2) is 17.3 Å². The van der Waals surface area contributed by atoms with Crippen molar-refractivity contribution in [3.05, 3.63) is 30.0 Å². The van der Waals surface area contributed by atoms with Crippen molar-refractivity contribution in [1.29, 1.82) is 0 Å². The van der Waals surface area contributed by atoms with E-state index >= 15 is 0 Å². The zero-order chi connectivity index (χ0) is 16.4. The van der Waals surface area contributed by atoms with Crippen LogP contribution in [0.4, 0.5) is 0 Å². The first-order chi connectivity index (χ1) is 11.8. The van der Waals surface area contributed by atoms with Crippen LogP contribution < -0.4 is 9.47 Å². The van der Waals surface area contributed by atoms with E-state index in [1.165, 1.54) is 0 Å². The number of hydrogen-bond donors (Lipinski definition) is 0. The Bertz CT molecular complexity index is 736. The van der Waals surface area contributed by atoms with Gasteiger partial charge in [-0.2, -0.15) is 0 Å². The number of amides is 1. The van der Waals surface area contributed by atoms with E-state index in [-0.39, 0.29) is 12.3 Å². The summed E-state index contributed by atoms with van der Waals surface area (Å²) in [5.41, 5.74) is 1.47. The van der Waals surface area contributed by atoms with Gasteiger partial charge in [-0.3, -0.25) is 4.79 Å². The Hall–Kier alpha value is -2.54. The molecule has 0 saturated carbocycles. The van der Waals surface area contributed by atoms with Crippen molar-refractivity contribution >= 4 is 5.91 Å². The van der Waals surface area contributed by atoms with Crippen LogP contribution >= 0.6 is 0 Å². The zero-order valence-electron chi connectivity index (χ0n) is 13.2. The second-order valence-corrected chi connectivity index (χ2v) is 5.71. The third-order valence-electron chi connectivity index (χ3n) is 4.08. The minimum Gasteiger partial charge on any atom is -0.486 e. The van der Waals surface area contributed by atoms with Gasteiger partial charge < -0.3 is 23.6 Å². The van der Waals surface area contributed by atoms with Gasteiger partial charge in [-0.25, -0.2) is 0 Å². The second kappa shape index (κ2) is 6.52. The summed E-state index contributed by atoms with van der Waals surface area (Å²) in [4.78, 5) is 14.1. The largest absolute Gasteiger partial charge is 0.486 e. The van der Waals surface area contributed by atoms with Gasteiger partial charge in [-0.05, 0) is 18.2 Å². The predicted octanol–water partition coefficient (Wildman–Crippen LogP) is 1.51. The molecule has 24 heavy (non-hydrogen) atoms. The van der Waals surface area contributed by atoms with Crippen molar-refractivity contribution in [3.8, 4) is 22.8 Å². The highest BCUT2D eigenvalue weighted by Crippen LogP contribution is 2.34. The van der Waals surface area contributed by atoms with E-state index in [4.69, 9.17) is 18.7 Å². The van der Waals surface area contributed by atoms with Gasteiger partial charge in [0.1, 0.15) is 13.2 Å². The number of nitrogens with zero attached hydrogens (tertiary/aromatic N) is 2. The smallest absolute Gasteiger partial charge is 0.228 e. The average molecular weight is 330 g/mol. The molecule has 2 aromatic rings. The molecule has 7 heteroatoms. The molecule has 4 rings (SSSR count). The monoisotopic (exact) mass is 330 g/mol. The molecule has 1 fully saturated rings. The van der Waals surface area contributed by atoms with Crippen LogP contribution in [-0.2, 0) is 16.0 Å².